The zero-order valence-electron chi connectivity index (χ0n) is 11.3. The van der Waals surface area contributed by atoms with E-state index < -0.39 is 0 Å². The summed E-state index contributed by atoms with van der Waals surface area (Å²) in [5.74, 6) is 0.498. The van der Waals surface area contributed by atoms with Gasteiger partial charge in [-0.25, -0.2) is 0 Å². The molecule has 1 saturated heterocycles. The summed E-state index contributed by atoms with van der Waals surface area (Å²) in [5, 5.41) is 14.4. The van der Waals surface area contributed by atoms with Crippen LogP contribution in [-0.2, 0) is 0 Å². The number of rotatable bonds is 4. The van der Waals surface area contributed by atoms with Crippen LogP contribution in [0.2, 0.25) is 0 Å². The maximum absolute atomic E-state index is 11.1. The first-order valence-electron chi connectivity index (χ1n) is 6.37. The van der Waals surface area contributed by atoms with E-state index in [4.69, 9.17) is 4.74 Å². The summed E-state index contributed by atoms with van der Waals surface area (Å²) in [7, 11) is 3.57. The Hall–Kier alpha value is -1.82. The highest BCUT2D eigenvalue weighted by Gasteiger charge is 2.21. The number of anilines is 1. The molecule has 19 heavy (non-hydrogen) atoms. The molecule has 2 rings (SSSR count). The van der Waals surface area contributed by atoms with Crippen molar-refractivity contribution >= 4 is 11.4 Å². The van der Waals surface area contributed by atoms with E-state index in [2.05, 4.69) is 17.3 Å². The largest absolute Gasteiger partial charge is 0.496 e. The molecule has 1 fully saturated rings. The second kappa shape index (κ2) is 5.88. The summed E-state index contributed by atoms with van der Waals surface area (Å²) < 4.78 is 5.03. The molecule has 1 aromatic rings. The van der Waals surface area contributed by atoms with Gasteiger partial charge in [0.1, 0.15) is 11.4 Å². The highest BCUT2D eigenvalue weighted by atomic mass is 16.6. The monoisotopic (exact) mass is 265 g/mol. The first kappa shape index (κ1) is 13.6. The molecule has 1 unspecified atom stereocenters. The van der Waals surface area contributed by atoms with Gasteiger partial charge in [0.2, 0.25) is 0 Å². The molecule has 1 aliphatic rings. The molecule has 0 spiro atoms. The summed E-state index contributed by atoms with van der Waals surface area (Å²) in [6.45, 7) is 1.99. The number of ether oxygens (including phenoxy) is 1. The highest BCUT2D eigenvalue weighted by Crippen LogP contribution is 2.30. The van der Waals surface area contributed by atoms with E-state index in [-0.39, 0.29) is 16.7 Å². The fourth-order valence-corrected chi connectivity index (χ4v) is 2.42. The zero-order valence-corrected chi connectivity index (χ0v) is 11.3. The Labute approximate surface area is 112 Å². The second-order valence-electron chi connectivity index (χ2n) is 4.89. The minimum absolute atomic E-state index is 0.0626. The van der Waals surface area contributed by atoms with Gasteiger partial charge in [-0.15, -0.1) is 0 Å². The van der Waals surface area contributed by atoms with Crippen molar-refractivity contribution in [1.29, 1.82) is 0 Å². The number of piperidine rings is 1. The van der Waals surface area contributed by atoms with Gasteiger partial charge in [-0.2, -0.15) is 0 Å². The summed E-state index contributed by atoms with van der Waals surface area (Å²) in [4.78, 5) is 13.0. The zero-order chi connectivity index (χ0) is 13.8. The standard InChI is InChI=1S/C13H19N3O3/c1-15-7-3-4-10(9-15)14-12-6-5-11(19-2)8-13(12)16(17)18/h5-6,8,10,14H,3-4,7,9H2,1-2H3. The predicted octanol–water partition coefficient (Wildman–Crippen LogP) is 2.11. The molecule has 0 radical (unpaired) electrons. The predicted molar refractivity (Wildman–Crippen MR) is 73.8 cm³/mol. The van der Waals surface area contributed by atoms with Gasteiger partial charge in [0.15, 0.2) is 0 Å². The molecule has 6 heteroatoms. The molecule has 1 aliphatic heterocycles. The van der Waals surface area contributed by atoms with E-state index >= 15 is 0 Å². The van der Waals surface area contributed by atoms with Gasteiger partial charge in [-0.1, -0.05) is 0 Å². The van der Waals surface area contributed by atoms with Crippen molar-refractivity contribution in [2.45, 2.75) is 18.9 Å². The van der Waals surface area contributed by atoms with Crippen molar-refractivity contribution in [2.24, 2.45) is 0 Å². The number of hydrogen-bond donors (Lipinski definition) is 1. The van der Waals surface area contributed by atoms with Crippen LogP contribution in [0, 0.1) is 10.1 Å². The molecule has 1 aromatic carbocycles. The van der Waals surface area contributed by atoms with Crippen LogP contribution in [0.25, 0.3) is 0 Å². The van der Waals surface area contributed by atoms with Crippen molar-refractivity contribution in [3.05, 3.63) is 28.3 Å². The number of hydrogen-bond acceptors (Lipinski definition) is 5. The van der Waals surface area contributed by atoms with Crippen molar-refractivity contribution in [1.82, 2.24) is 4.90 Å². The van der Waals surface area contributed by atoms with Crippen molar-refractivity contribution in [3.8, 4) is 5.75 Å². The Kier molecular flexibility index (Phi) is 4.21. The van der Waals surface area contributed by atoms with Gasteiger partial charge >= 0.3 is 0 Å². The van der Waals surface area contributed by atoms with Crippen LogP contribution in [0.3, 0.4) is 0 Å². The smallest absolute Gasteiger partial charge is 0.296 e. The Morgan fingerprint density at radius 2 is 2.32 bits per heavy atom. The molecule has 104 valence electrons. The lowest BCUT2D eigenvalue weighted by Crippen LogP contribution is -2.39. The van der Waals surface area contributed by atoms with Crippen LogP contribution < -0.4 is 10.1 Å². The van der Waals surface area contributed by atoms with Gasteiger partial charge in [0.05, 0.1) is 18.1 Å². The molecule has 0 aliphatic carbocycles. The van der Waals surface area contributed by atoms with E-state index in [1.807, 2.05) is 0 Å². The number of nitrogens with one attached hydrogen (secondary N) is 1. The third-order valence-corrected chi connectivity index (χ3v) is 3.39. The molecular weight excluding hydrogens is 246 g/mol. The number of likely N-dealkylation sites (tertiary alicyclic amines) is 1. The number of methoxy groups -OCH3 is 1. The van der Waals surface area contributed by atoms with Crippen LogP contribution in [0.4, 0.5) is 11.4 Å². The normalized spacial score (nSPS) is 20.0. The number of benzene rings is 1. The van der Waals surface area contributed by atoms with Crippen molar-refractivity contribution in [2.75, 3.05) is 32.6 Å². The summed E-state index contributed by atoms with van der Waals surface area (Å²) >= 11 is 0. The molecule has 0 aromatic heterocycles. The maximum atomic E-state index is 11.1. The van der Waals surface area contributed by atoms with Crippen LogP contribution >= 0.6 is 0 Å². The van der Waals surface area contributed by atoms with Crippen LogP contribution in [0.1, 0.15) is 12.8 Å². The minimum atomic E-state index is -0.378. The van der Waals surface area contributed by atoms with Gasteiger partial charge in [0.25, 0.3) is 5.69 Å². The summed E-state index contributed by atoms with van der Waals surface area (Å²) in [6, 6.07) is 5.16. The average molecular weight is 265 g/mol. The van der Waals surface area contributed by atoms with Gasteiger partial charge in [0, 0.05) is 12.6 Å². The molecule has 0 bridgehead atoms. The van der Waals surface area contributed by atoms with Crippen molar-refractivity contribution < 1.29 is 9.66 Å². The first-order chi connectivity index (χ1) is 9.10. The van der Waals surface area contributed by atoms with Gasteiger partial charge < -0.3 is 15.0 Å². The SMILES string of the molecule is COc1ccc(NC2CCCN(C)C2)c([N+](=O)[O-])c1. The Morgan fingerprint density at radius 1 is 1.53 bits per heavy atom. The quantitative estimate of drug-likeness (QED) is 0.667. The topological polar surface area (TPSA) is 67.6 Å². The van der Waals surface area contributed by atoms with E-state index in [1.165, 1.54) is 13.2 Å². The summed E-state index contributed by atoms with van der Waals surface area (Å²) in [5.41, 5.74) is 0.624. The van der Waals surface area contributed by atoms with Crippen LogP contribution in [-0.4, -0.2) is 43.1 Å². The van der Waals surface area contributed by atoms with Crippen LogP contribution in [0.5, 0.6) is 5.75 Å². The molecule has 6 nitrogen and oxygen atoms in total. The van der Waals surface area contributed by atoms with Gasteiger partial charge in [-0.3, -0.25) is 10.1 Å². The van der Waals surface area contributed by atoms with Gasteiger partial charge in [-0.05, 0) is 38.6 Å². The number of nitro groups is 1. The third kappa shape index (κ3) is 3.35. The molecule has 0 saturated carbocycles. The van der Waals surface area contributed by atoms with E-state index in [0.29, 0.717) is 11.4 Å². The molecular formula is C13H19N3O3. The van der Waals surface area contributed by atoms with Crippen molar-refractivity contribution in [3.63, 3.8) is 0 Å². The first-order valence-corrected chi connectivity index (χ1v) is 6.37. The third-order valence-electron chi connectivity index (χ3n) is 3.39. The maximum Gasteiger partial charge on any atom is 0.296 e. The number of nitrogens with zero attached hydrogens (tertiary/aromatic N) is 2. The lowest BCUT2D eigenvalue weighted by Gasteiger charge is -2.30. The Morgan fingerprint density at radius 3 is 2.95 bits per heavy atom. The molecule has 1 heterocycles. The number of nitro benzene ring substituents is 1. The average Bonchev–Trinajstić information content (AvgIpc) is 2.39. The minimum Gasteiger partial charge on any atom is -0.496 e. The molecule has 0 amide bonds. The lowest BCUT2D eigenvalue weighted by molar-refractivity contribution is -0.384. The van der Waals surface area contributed by atoms with E-state index in [9.17, 15) is 10.1 Å². The molecule has 1 atom stereocenters. The Bertz CT molecular complexity index is 464. The Balaban J connectivity index is 2.16. The van der Waals surface area contributed by atoms with E-state index in [1.54, 1.807) is 12.1 Å². The van der Waals surface area contributed by atoms with E-state index in [0.717, 1.165) is 25.9 Å². The number of likely N-dealkylation sites (N-methyl/N-ethyl adjacent to an activating group) is 1. The summed E-state index contributed by atoms with van der Waals surface area (Å²) in [6.07, 6.45) is 2.14. The fourth-order valence-electron chi connectivity index (χ4n) is 2.42. The highest BCUT2D eigenvalue weighted by molar-refractivity contribution is 5.64. The van der Waals surface area contributed by atoms with Crippen LogP contribution in [0.15, 0.2) is 18.2 Å². The lowest BCUT2D eigenvalue weighted by atomic mass is 10.1. The fraction of sp³-hybridized carbons (Fsp3) is 0.538. The second-order valence-corrected chi connectivity index (χ2v) is 4.89. The molecule has 1 N–H and O–H groups in total.